The van der Waals surface area contributed by atoms with Gasteiger partial charge in [0.25, 0.3) is 0 Å². The number of H-pyrrole nitrogens is 1. The maximum atomic E-state index is 12.3. The molecule has 0 aliphatic rings. The van der Waals surface area contributed by atoms with E-state index >= 15 is 0 Å². The van der Waals surface area contributed by atoms with Gasteiger partial charge in [0, 0.05) is 12.2 Å². The molecule has 3 nitrogen and oxygen atoms in total. The van der Waals surface area contributed by atoms with Gasteiger partial charge in [0.2, 0.25) is 6.43 Å². The maximum Gasteiger partial charge on any atom is 0.248 e. The number of nitrogens with two attached hydrogens (primary N) is 1. The van der Waals surface area contributed by atoms with Gasteiger partial charge in [0.1, 0.15) is 0 Å². The zero-order valence-electron chi connectivity index (χ0n) is 6.72. The number of aromatic nitrogens is 2. The number of halogens is 2. The van der Waals surface area contributed by atoms with Crippen LogP contribution < -0.4 is 5.73 Å². The van der Waals surface area contributed by atoms with Gasteiger partial charge in [-0.2, -0.15) is 5.10 Å². The van der Waals surface area contributed by atoms with Crippen LogP contribution >= 0.6 is 0 Å². The van der Waals surface area contributed by atoms with Crippen molar-refractivity contribution in [2.45, 2.75) is 19.3 Å². The minimum Gasteiger partial charge on any atom is -0.330 e. The number of hydrogen-bond acceptors (Lipinski definition) is 2. The minimum absolute atomic E-state index is 0.0814. The molecule has 0 fully saturated rings. The van der Waals surface area contributed by atoms with Crippen molar-refractivity contribution in [3.63, 3.8) is 0 Å². The fourth-order valence-electron chi connectivity index (χ4n) is 0.982. The topological polar surface area (TPSA) is 54.7 Å². The standard InChI is InChI=1S/C7H11F2N3/c1-4-2-6(12-11-4)5(3-10)7(8)9/h2,5,7H,3,10H2,1H3,(H,11,12). The summed E-state index contributed by atoms with van der Waals surface area (Å²) in [5.41, 5.74) is 6.29. The van der Waals surface area contributed by atoms with Crippen LogP contribution in [0.15, 0.2) is 6.07 Å². The first-order chi connectivity index (χ1) is 5.65. The summed E-state index contributed by atoms with van der Waals surface area (Å²) in [5, 5.41) is 6.32. The van der Waals surface area contributed by atoms with E-state index in [0.29, 0.717) is 5.69 Å². The molecule has 68 valence electrons. The van der Waals surface area contributed by atoms with Gasteiger partial charge < -0.3 is 5.73 Å². The summed E-state index contributed by atoms with van der Waals surface area (Å²) in [4.78, 5) is 0. The second-order valence-corrected chi connectivity index (χ2v) is 2.65. The van der Waals surface area contributed by atoms with Crippen LogP contribution in [0, 0.1) is 6.92 Å². The normalized spacial score (nSPS) is 13.8. The lowest BCUT2D eigenvalue weighted by Gasteiger charge is -2.09. The van der Waals surface area contributed by atoms with E-state index in [9.17, 15) is 8.78 Å². The first kappa shape index (κ1) is 9.12. The lowest BCUT2D eigenvalue weighted by molar-refractivity contribution is 0.115. The predicted molar refractivity (Wildman–Crippen MR) is 41.1 cm³/mol. The summed E-state index contributed by atoms with van der Waals surface area (Å²) in [7, 11) is 0. The Morgan fingerprint density at radius 3 is 2.67 bits per heavy atom. The molecule has 1 atom stereocenters. The highest BCUT2D eigenvalue weighted by Crippen LogP contribution is 2.20. The average Bonchev–Trinajstić information content (AvgIpc) is 2.37. The molecule has 1 rings (SSSR count). The second kappa shape index (κ2) is 3.62. The van der Waals surface area contributed by atoms with Crippen molar-refractivity contribution in [1.82, 2.24) is 10.2 Å². The summed E-state index contributed by atoms with van der Waals surface area (Å²) >= 11 is 0. The molecule has 0 aliphatic heterocycles. The van der Waals surface area contributed by atoms with Crippen molar-refractivity contribution < 1.29 is 8.78 Å². The highest BCUT2D eigenvalue weighted by atomic mass is 19.3. The van der Waals surface area contributed by atoms with Gasteiger partial charge in [-0.3, -0.25) is 5.10 Å². The van der Waals surface area contributed by atoms with Crippen LogP contribution in [0.4, 0.5) is 8.78 Å². The van der Waals surface area contributed by atoms with Crippen molar-refractivity contribution in [3.05, 3.63) is 17.5 Å². The van der Waals surface area contributed by atoms with Crippen molar-refractivity contribution in [2.24, 2.45) is 5.73 Å². The van der Waals surface area contributed by atoms with Crippen LogP contribution in [0.2, 0.25) is 0 Å². The fourth-order valence-corrected chi connectivity index (χ4v) is 0.982. The molecule has 5 heteroatoms. The van der Waals surface area contributed by atoms with Crippen LogP contribution in [0.1, 0.15) is 17.3 Å². The summed E-state index contributed by atoms with van der Waals surface area (Å²) in [6, 6.07) is 1.59. The van der Waals surface area contributed by atoms with E-state index in [4.69, 9.17) is 5.73 Å². The zero-order chi connectivity index (χ0) is 9.14. The first-order valence-electron chi connectivity index (χ1n) is 3.65. The quantitative estimate of drug-likeness (QED) is 0.720. The van der Waals surface area contributed by atoms with E-state index in [-0.39, 0.29) is 6.54 Å². The Kier molecular flexibility index (Phi) is 2.75. The van der Waals surface area contributed by atoms with Gasteiger partial charge in [-0.1, -0.05) is 0 Å². The van der Waals surface area contributed by atoms with Crippen LogP contribution in [-0.2, 0) is 0 Å². The maximum absolute atomic E-state index is 12.3. The second-order valence-electron chi connectivity index (χ2n) is 2.65. The van der Waals surface area contributed by atoms with Gasteiger partial charge in [-0.25, -0.2) is 8.78 Å². The molecule has 0 saturated heterocycles. The minimum atomic E-state index is -2.45. The van der Waals surface area contributed by atoms with Crippen molar-refractivity contribution in [1.29, 1.82) is 0 Å². The van der Waals surface area contributed by atoms with E-state index in [2.05, 4.69) is 10.2 Å². The van der Waals surface area contributed by atoms with Gasteiger partial charge in [0.15, 0.2) is 0 Å². The van der Waals surface area contributed by atoms with Gasteiger partial charge >= 0.3 is 0 Å². The third kappa shape index (κ3) is 1.79. The molecule has 0 aromatic carbocycles. The number of alkyl halides is 2. The van der Waals surface area contributed by atoms with Crippen LogP contribution in [0.5, 0.6) is 0 Å². The van der Waals surface area contributed by atoms with Gasteiger partial charge in [-0.15, -0.1) is 0 Å². The third-order valence-corrected chi connectivity index (χ3v) is 1.66. The zero-order valence-corrected chi connectivity index (χ0v) is 6.72. The summed E-state index contributed by atoms with van der Waals surface area (Å²) in [6.45, 7) is 1.68. The Labute approximate surface area is 69.0 Å². The lowest BCUT2D eigenvalue weighted by atomic mass is 10.1. The fraction of sp³-hybridized carbons (Fsp3) is 0.571. The van der Waals surface area contributed by atoms with Crippen LogP contribution in [-0.4, -0.2) is 23.2 Å². The molecule has 3 N–H and O–H groups in total. The summed E-state index contributed by atoms with van der Waals surface area (Å²) in [6.07, 6.45) is -2.45. The Morgan fingerprint density at radius 1 is 1.67 bits per heavy atom. The van der Waals surface area contributed by atoms with Crippen molar-refractivity contribution in [2.75, 3.05) is 6.54 Å². The largest absolute Gasteiger partial charge is 0.330 e. The van der Waals surface area contributed by atoms with Crippen LogP contribution in [0.3, 0.4) is 0 Å². The summed E-state index contributed by atoms with van der Waals surface area (Å²) < 4.78 is 24.5. The molecule has 0 aliphatic carbocycles. The molecule has 0 amide bonds. The van der Waals surface area contributed by atoms with E-state index in [1.807, 2.05) is 0 Å². The molecule has 12 heavy (non-hydrogen) atoms. The monoisotopic (exact) mass is 175 g/mol. The Morgan fingerprint density at radius 2 is 2.33 bits per heavy atom. The number of hydrogen-bond donors (Lipinski definition) is 2. The molecular weight excluding hydrogens is 164 g/mol. The molecule has 0 spiro atoms. The van der Waals surface area contributed by atoms with E-state index in [0.717, 1.165) is 5.69 Å². The Hall–Kier alpha value is -0.970. The average molecular weight is 175 g/mol. The Bertz CT molecular complexity index is 247. The summed E-state index contributed by atoms with van der Waals surface area (Å²) in [5.74, 6) is -0.949. The molecular formula is C7H11F2N3. The number of nitrogens with zero attached hydrogens (tertiary/aromatic N) is 1. The molecule has 1 heterocycles. The first-order valence-corrected chi connectivity index (χ1v) is 3.65. The van der Waals surface area contributed by atoms with E-state index in [1.54, 1.807) is 13.0 Å². The number of aryl methyl sites for hydroxylation is 1. The molecule has 0 radical (unpaired) electrons. The molecule has 1 aromatic heterocycles. The van der Waals surface area contributed by atoms with Gasteiger partial charge in [0.05, 0.1) is 11.6 Å². The van der Waals surface area contributed by atoms with E-state index in [1.165, 1.54) is 0 Å². The van der Waals surface area contributed by atoms with Crippen molar-refractivity contribution in [3.8, 4) is 0 Å². The highest BCUT2D eigenvalue weighted by molar-refractivity contribution is 5.13. The highest BCUT2D eigenvalue weighted by Gasteiger charge is 2.22. The van der Waals surface area contributed by atoms with Crippen LogP contribution in [0.25, 0.3) is 0 Å². The molecule has 0 bridgehead atoms. The number of rotatable bonds is 3. The molecule has 1 aromatic rings. The SMILES string of the molecule is Cc1cc(C(CN)C(F)F)n[nH]1. The Balaban J connectivity index is 2.80. The predicted octanol–water partition coefficient (Wildman–Crippen LogP) is 1.03. The lowest BCUT2D eigenvalue weighted by Crippen LogP contribution is -2.19. The number of aromatic amines is 1. The van der Waals surface area contributed by atoms with Crippen molar-refractivity contribution >= 4 is 0 Å². The molecule has 0 saturated carbocycles. The van der Waals surface area contributed by atoms with Gasteiger partial charge in [-0.05, 0) is 13.0 Å². The third-order valence-electron chi connectivity index (χ3n) is 1.66. The smallest absolute Gasteiger partial charge is 0.248 e. The molecule has 1 unspecified atom stereocenters. The number of nitrogens with one attached hydrogen (secondary N) is 1. The van der Waals surface area contributed by atoms with E-state index < -0.39 is 12.3 Å².